The third-order valence-electron chi connectivity index (χ3n) is 6.05. The molecular formula is C26H26N3O2+. The molecule has 0 radical (unpaired) electrons. The number of ether oxygens (including phenoxy) is 2. The summed E-state index contributed by atoms with van der Waals surface area (Å²) in [6, 6.07) is 20.7. The number of hydrogen-bond acceptors (Lipinski definition) is 4. The van der Waals surface area contributed by atoms with Gasteiger partial charge >= 0.3 is 5.88 Å². The van der Waals surface area contributed by atoms with Crippen LogP contribution in [-0.4, -0.2) is 12.1 Å². The molecule has 0 saturated heterocycles. The average Bonchev–Trinajstić information content (AvgIpc) is 2.82. The number of unbranched alkanes of at least 4 members (excludes halogenated alkanes) is 1. The lowest BCUT2D eigenvalue weighted by Crippen LogP contribution is -2.39. The van der Waals surface area contributed by atoms with Crippen molar-refractivity contribution in [2.24, 2.45) is 0 Å². The van der Waals surface area contributed by atoms with Crippen molar-refractivity contribution in [1.82, 2.24) is 4.98 Å². The Kier molecular flexibility index (Phi) is 4.94. The first-order valence-corrected chi connectivity index (χ1v) is 10.7. The first-order valence-electron chi connectivity index (χ1n) is 10.7. The van der Waals surface area contributed by atoms with Gasteiger partial charge in [-0.05, 0) is 41.0 Å². The minimum absolute atomic E-state index is 0.0858. The van der Waals surface area contributed by atoms with Gasteiger partial charge in [-0.25, -0.2) is 4.57 Å². The quantitative estimate of drug-likeness (QED) is 0.403. The predicted molar refractivity (Wildman–Crippen MR) is 122 cm³/mol. The number of nitrogen functional groups attached to an aromatic ring is 1. The van der Waals surface area contributed by atoms with E-state index in [0.717, 1.165) is 53.0 Å². The Bertz CT molecular complexity index is 1250. The van der Waals surface area contributed by atoms with Crippen molar-refractivity contribution < 1.29 is 14.0 Å². The molecule has 5 nitrogen and oxygen atoms in total. The van der Waals surface area contributed by atoms with Crippen LogP contribution in [0, 0.1) is 0 Å². The topological polar surface area (TPSA) is 61.2 Å². The van der Waals surface area contributed by atoms with E-state index < -0.39 is 0 Å². The zero-order valence-corrected chi connectivity index (χ0v) is 17.8. The second-order valence-electron chi connectivity index (χ2n) is 7.90. The molecule has 0 unspecified atom stereocenters. The van der Waals surface area contributed by atoms with Gasteiger partial charge in [0.2, 0.25) is 12.1 Å². The highest BCUT2D eigenvalue weighted by molar-refractivity contribution is 5.90. The summed E-state index contributed by atoms with van der Waals surface area (Å²) in [5, 5.41) is 2.34. The molecule has 1 atom stereocenters. The van der Waals surface area contributed by atoms with E-state index in [2.05, 4.69) is 54.4 Å². The van der Waals surface area contributed by atoms with Crippen molar-refractivity contribution in [3.63, 3.8) is 0 Å². The lowest BCUT2D eigenvalue weighted by molar-refractivity contribution is -0.686. The maximum Gasteiger partial charge on any atom is 0.306 e. The minimum Gasteiger partial charge on any atom is -0.497 e. The molecule has 156 valence electrons. The van der Waals surface area contributed by atoms with E-state index in [-0.39, 0.29) is 5.92 Å². The van der Waals surface area contributed by atoms with E-state index in [4.69, 9.17) is 15.2 Å². The van der Waals surface area contributed by atoms with E-state index in [9.17, 15) is 0 Å². The third kappa shape index (κ3) is 3.26. The van der Waals surface area contributed by atoms with E-state index in [1.807, 2.05) is 22.8 Å². The van der Waals surface area contributed by atoms with Crippen LogP contribution < -0.4 is 19.8 Å². The standard InChI is InChI=1S/C26H25N3O2/c1-3-4-15-29-16-28-26-24(25(29)27)22(18-9-12-19(30-2)13-10-18)23-20-8-6-5-7-17(20)11-14-21(23)31-26/h5-14,16,22,27H,3-4,15H2,1-2H3/p+1/t22-/m1/s1. The van der Waals surface area contributed by atoms with Gasteiger partial charge < -0.3 is 15.2 Å². The van der Waals surface area contributed by atoms with E-state index in [0.29, 0.717) is 11.7 Å². The minimum atomic E-state index is -0.0858. The highest BCUT2D eigenvalue weighted by atomic mass is 16.5. The number of anilines is 1. The molecule has 5 rings (SSSR count). The number of methoxy groups -OCH3 is 1. The second-order valence-corrected chi connectivity index (χ2v) is 7.90. The molecular weight excluding hydrogens is 386 g/mol. The first-order chi connectivity index (χ1) is 15.2. The van der Waals surface area contributed by atoms with Gasteiger partial charge in [0.15, 0.2) is 0 Å². The van der Waals surface area contributed by atoms with Crippen molar-refractivity contribution in [3.8, 4) is 17.4 Å². The first kappa shape index (κ1) is 19.4. The van der Waals surface area contributed by atoms with Crippen LogP contribution in [0.4, 0.5) is 5.82 Å². The van der Waals surface area contributed by atoms with Crippen LogP contribution >= 0.6 is 0 Å². The van der Waals surface area contributed by atoms with Crippen molar-refractivity contribution in [1.29, 1.82) is 0 Å². The molecule has 0 fully saturated rings. The number of hydrogen-bond donors (Lipinski definition) is 1. The summed E-state index contributed by atoms with van der Waals surface area (Å²) in [5.41, 5.74) is 9.92. The molecule has 0 saturated carbocycles. The molecule has 1 aromatic heterocycles. The fourth-order valence-electron chi connectivity index (χ4n) is 4.42. The fraction of sp³-hybridized carbons (Fsp3) is 0.231. The maximum absolute atomic E-state index is 6.75. The summed E-state index contributed by atoms with van der Waals surface area (Å²) in [5.74, 6) is 2.85. The van der Waals surface area contributed by atoms with Gasteiger partial charge in [0.05, 0.1) is 19.6 Å². The molecule has 0 aliphatic carbocycles. The lowest BCUT2D eigenvalue weighted by atomic mass is 9.81. The largest absolute Gasteiger partial charge is 0.497 e. The Balaban J connectivity index is 1.78. The molecule has 2 heterocycles. The van der Waals surface area contributed by atoms with Gasteiger partial charge in [0.1, 0.15) is 17.1 Å². The summed E-state index contributed by atoms with van der Waals surface area (Å²) >= 11 is 0. The zero-order chi connectivity index (χ0) is 21.4. The van der Waals surface area contributed by atoms with Gasteiger partial charge in [0.25, 0.3) is 0 Å². The monoisotopic (exact) mass is 412 g/mol. The van der Waals surface area contributed by atoms with Crippen LogP contribution in [0.5, 0.6) is 17.4 Å². The third-order valence-corrected chi connectivity index (χ3v) is 6.05. The van der Waals surface area contributed by atoms with Crippen LogP contribution in [0.3, 0.4) is 0 Å². The Morgan fingerprint density at radius 3 is 2.61 bits per heavy atom. The highest BCUT2D eigenvalue weighted by Gasteiger charge is 2.37. The zero-order valence-electron chi connectivity index (χ0n) is 17.8. The molecule has 1 aliphatic heterocycles. The van der Waals surface area contributed by atoms with Gasteiger partial charge in [-0.15, -0.1) is 0 Å². The summed E-state index contributed by atoms with van der Waals surface area (Å²) in [6.07, 6.45) is 3.93. The summed E-state index contributed by atoms with van der Waals surface area (Å²) in [6.45, 7) is 3.01. The van der Waals surface area contributed by atoms with Crippen molar-refractivity contribution in [3.05, 3.63) is 83.7 Å². The van der Waals surface area contributed by atoms with Crippen LogP contribution in [0.15, 0.2) is 67.0 Å². The number of nitrogens with zero attached hydrogens (tertiary/aromatic N) is 2. The van der Waals surface area contributed by atoms with Crippen LogP contribution in [0.1, 0.15) is 42.4 Å². The van der Waals surface area contributed by atoms with Gasteiger partial charge in [-0.2, -0.15) is 0 Å². The number of nitrogens with two attached hydrogens (primary N) is 1. The summed E-state index contributed by atoms with van der Waals surface area (Å²) in [7, 11) is 1.68. The molecule has 3 aromatic carbocycles. The molecule has 0 amide bonds. The van der Waals surface area contributed by atoms with Crippen LogP contribution in [-0.2, 0) is 6.54 Å². The van der Waals surface area contributed by atoms with Gasteiger partial charge in [0, 0.05) is 5.56 Å². The summed E-state index contributed by atoms with van der Waals surface area (Å²) in [4.78, 5) is 4.66. The van der Waals surface area contributed by atoms with Gasteiger partial charge in [-0.3, -0.25) is 0 Å². The molecule has 2 N–H and O–H groups in total. The summed E-state index contributed by atoms with van der Waals surface area (Å²) < 4.78 is 13.7. The smallest absolute Gasteiger partial charge is 0.306 e. The van der Waals surface area contributed by atoms with E-state index >= 15 is 0 Å². The van der Waals surface area contributed by atoms with Crippen LogP contribution in [0.25, 0.3) is 10.8 Å². The van der Waals surface area contributed by atoms with E-state index in [1.54, 1.807) is 13.4 Å². The number of aryl methyl sites for hydroxylation is 1. The maximum atomic E-state index is 6.75. The molecule has 0 spiro atoms. The number of benzene rings is 3. The normalized spacial score (nSPS) is 14.6. The van der Waals surface area contributed by atoms with Crippen LogP contribution in [0.2, 0.25) is 0 Å². The highest BCUT2D eigenvalue weighted by Crippen LogP contribution is 2.50. The Labute approximate surface area is 182 Å². The van der Waals surface area contributed by atoms with Crippen molar-refractivity contribution >= 4 is 16.6 Å². The predicted octanol–water partition coefficient (Wildman–Crippen LogP) is 5.20. The van der Waals surface area contributed by atoms with Crippen molar-refractivity contribution in [2.75, 3.05) is 12.8 Å². The fourth-order valence-corrected chi connectivity index (χ4v) is 4.42. The molecule has 4 aromatic rings. The lowest BCUT2D eigenvalue weighted by Gasteiger charge is -2.28. The second kappa shape index (κ2) is 7.91. The van der Waals surface area contributed by atoms with Gasteiger partial charge in [-0.1, -0.05) is 60.8 Å². The molecule has 1 aliphatic rings. The Hall–Kier alpha value is -3.60. The SMILES string of the molecule is CCCC[n+]1cnc2c(c1N)[C@H](c1ccc(OC)cc1)c1c(ccc3ccccc13)O2. The molecule has 31 heavy (non-hydrogen) atoms. The number of fused-ring (bicyclic) bond motifs is 4. The number of rotatable bonds is 5. The average molecular weight is 413 g/mol. The number of aromatic nitrogens is 2. The Morgan fingerprint density at radius 2 is 1.84 bits per heavy atom. The Morgan fingerprint density at radius 1 is 1.03 bits per heavy atom. The molecule has 0 bridgehead atoms. The van der Waals surface area contributed by atoms with Crippen molar-refractivity contribution in [2.45, 2.75) is 32.2 Å². The molecule has 5 heteroatoms. The van der Waals surface area contributed by atoms with E-state index in [1.165, 1.54) is 5.39 Å².